The molecule has 17 heavy (non-hydrogen) atoms. The molecule has 0 bridgehead atoms. The van der Waals surface area contributed by atoms with Gasteiger partial charge in [-0.25, -0.2) is 0 Å². The highest BCUT2D eigenvalue weighted by atomic mass is 32.2. The Kier molecular flexibility index (Phi) is 3.97. The molecule has 0 spiro atoms. The Bertz CT molecular complexity index is 316. The number of rotatable bonds is 3. The molecule has 0 aromatic carbocycles. The number of nitrogens with one attached hydrogen (secondary N) is 2. The van der Waals surface area contributed by atoms with E-state index in [0.717, 1.165) is 6.54 Å². The predicted octanol–water partition coefficient (Wildman–Crippen LogP) is 1.06. The molecule has 2 amide bonds. The summed E-state index contributed by atoms with van der Waals surface area (Å²) in [4.78, 5) is 23.2. The molecule has 2 saturated heterocycles. The third-order valence-corrected chi connectivity index (χ3v) is 4.93. The van der Waals surface area contributed by atoms with Crippen molar-refractivity contribution in [3.05, 3.63) is 0 Å². The van der Waals surface area contributed by atoms with E-state index in [1.807, 2.05) is 11.8 Å². The molecule has 0 aromatic heterocycles. The van der Waals surface area contributed by atoms with E-state index in [4.69, 9.17) is 0 Å². The van der Waals surface area contributed by atoms with Gasteiger partial charge in [0.1, 0.15) is 5.54 Å². The van der Waals surface area contributed by atoms with Crippen LogP contribution in [0.5, 0.6) is 0 Å². The average Bonchev–Trinajstić information content (AvgIpc) is 2.69. The van der Waals surface area contributed by atoms with E-state index in [-0.39, 0.29) is 11.8 Å². The molecule has 2 N–H and O–H groups in total. The van der Waals surface area contributed by atoms with Gasteiger partial charge in [-0.2, -0.15) is 11.8 Å². The van der Waals surface area contributed by atoms with Crippen molar-refractivity contribution in [2.24, 2.45) is 0 Å². The summed E-state index contributed by atoms with van der Waals surface area (Å²) in [6, 6.07) is 0. The zero-order valence-electron chi connectivity index (χ0n) is 10.3. The van der Waals surface area contributed by atoms with Crippen LogP contribution in [0, 0.1) is 0 Å². The summed E-state index contributed by atoms with van der Waals surface area (Å²) >= 11 is 1.95. The lowest BCUT2D eigenvalue weighted by molar-refractivity contribution is -0.129. The Morgan fingerprint density at radius 3 is 3.00 bits per heavy atom. The first kappa shape index (κ1) is 12.7. The van der Waals surface area contributed by atoms with Crippen LogP contribution in [0.2, 0.25) is 0 Å². The van der Waals surface area contributed by atoms with Crippen molar-refractivity contribution in [2.45, 2.75) is 49.8 Å². The van der Waals surface area contributed by atoms with Crippen LogP contribution in [0.15, 0.2) is 0 Å². The number of amides is 2. The standard InChI is InChI=1S/C12H20N2O2S/c1-12(6-5-10(15)14-12)11(16)13-8-9-4-2-3-7-17-9/h9H,2-8H2,1H3,(H,13,16)(H,14,15)/t9?,12-/m0/s1. The minimum atomic E-state index is -0.684. The SMILES string of the molecule is C[C@@]1(C(=O)NCC2CCCCS2)CCC(=O)N1. The van der Waals surface area contributed by atoms with Gasteiger partial charge in [-0.3, -0.25) is 9.59 Å². The van der Waals surface area contributed by atoms with E-state index in [9.17, 15) is 9.59 Å². The molecule has 2 rings (SSSR count). The van der Waals surface area contributed by atoms with Crippen molar-refractivity contribution >= 4 is 23.6 Å². The maximum Gasteiger partial charge on any atom is 0.245 e. The molecular formula is C12H20N2O2S. The molecule has 2 heterocycles. The highest BCUT2D eigenvalue weighted by molar-refractivity contribution is 7.99. The van der Waals surface area contributed by atoms with Gasteiger partial charge < -0.3 is 10.6 Å². The van der Waals surface area contributed by atoms with Gasteiger partial charge in [-0.1, -0.05) is 6.42 Å². The molecule has 0 saturated carbocycles. The van der Waals surface area contributed by atoms with Gasteiger partial charge >= 0.3 is 0 Å². The average molecular weight is 256 g/mol. The van der Waals surface area contributed by atoms with Crippen LogP contribution in [0.25, 0.3) is 0 Å². The zero-order chi connectivity index (χ0) is 12.3. The summed E-state index contributed by atoms with van der Waals surface area (Å²) in [6.45, 7) is 2.54. The van der Waals surface area contributed by atoms with Crippen molar-refractivity contribution in [3.63, 3.8) is 0 Å². The van der Waals surface area contributed by atoms with Gasteiger partial charge in [0.2, 0.25) is 11.8 Å². The Hall–Kier alpha value is -0.710. The van der Waals surface area contributed by atoms with E-state index in [2.05, 4.69) is 10.6 Å². The molecule has 0 aliphatic carbocycles. The van der Waals surface area contributed by atoms with Crippen LogP contribution in [0.3, 0.4) is 0 Å². The summed E-state index contributed by atoms with van der Waals surface area (Å²) in [5.74, 6) is 1.15. The van der Waals surface area contributed by atoms with Gasteiger partial charge in [0.15, 0.2) is 0 Å². The minimum absolute atomic E-state index is 0.0188. The summed E-state index contributed by atoms with van der Waals surface area (Å²) in [6.07, 6.45) is 4.82. The first-order valence-electron chi connectivity index (χ1n) is 6.31. The van der Waals surface area contributed by atoms with Crippen LogP contribution in [-0.2, 0) is 9.59 Å². The molecule has 0 radical (unpaired) electrons. The maximum absolute atomic E-state index is 12.0. The molecular weight excluding hydrogens is 236 g/mol. The van der Waals surface area contributed by atoms with Crippen LogP contribution >= 0.6 is 11.8 Å². The lowest BCUT2D eigenvalue weighted by atomic mass is 9.99. The lowest BCUT2D eigenvalue weighted by Crippen LogP contribution is -2.53. The molecule has 2 atom stereocenters. The Morgan fingerprint density at radius 2 is 2.41 bits per heavy atom. The Labute approximate surface area is 106 Å². The second kappa shape index (κ2) is 5.29. The highest BCUT2D eigenvalue weighted by Crippen LogP contribution is 2.25. The maximum atomic E-state index is 12.0. The van der Waals surface area contributed by atoms with E-state index < -0.39 is 5.54 Å². The van der Waals surface area contributed by atoms with Gasteiger partial charge in [-0.15, -0.1) is 0 Å². The van der Waals surface area contributed by atoms with E-state index in [1.165, 1.54) is 25.0 Å². The second-order valence-electron chi connectivity index (χ2n) is 5.08. The van der Waals surface area contributed by atoms with Crippen molar-refractivity contribution in [1.29, 1.82) is 0 Å². The molecule has 0 aromatic rings. The molecule has 1 unspecified atom stereocenters. The fraction of sp³-hybridized carbons (Fsp3) is 0.833. The van der Waals surface area contributed by atoms with Gasteiger partial charge in [0, 0.05) is 18.2 Å². The quantitative estimate of drug-likeness (QED) is 0.794. The third kappa shape index (κ3) is 3.15. The third-order valence-electron chi connectivity index (χ3n) is 3.53. The minimum Gasteiger partial charge on any atom is -0.353 e. The molecule has 96 valence electrons. The monoisotopic (exact) mass is 256 g/mol. The number of hydrogen-bond donors (Lipinski definition) is 2. The first-order valence-corrected chi connectivity index (χ1v) is 7.36. The smallest absolute Gasteiger partial charge is 0.245 e. The highest BCUT2D eigenvalue weighted by Gasteiger charge is 2.39. The molecule has 2 aliphatic heterocycles. The Balaban J connectivity index is 1.78. The molecule has 2 fully saturated rings. The van der Waals surface area contributed by atoms with Crippen LogP contribution in [-0.4, -0.2) is 34.9 Å². The van der Waals surface area contributed by atoms with Gasteiger partial charge in [0.05, 0.1) is 0 Å². The number of hydrogen-bond acceptors (Lipinski definition) is 3. The topological polar surface area (TPSA) is 58.2 Å². The summed E-state index contributed by atoms with van der Waals surface area (Å²) in [5.41, 5.74) is -0.684. The summed E-state index contributed by atoms with van der Waals surface area (Å²) < 4.78 is 0. The largest absolute Gasteiger partial charge is 0.353 e. The van der Waals surface area contributed by atoms with E-state index >= 15 is 0 Å². The van der Waals surface area contributed by atoms with E-state index in [1.54, 1.807) is 6.92 Å². The van der Waals surface area contributed by atoms with Crippen molar-refractivity contribution in [3.8, 4) is 0 Å². The number of carbonyl (C=O) groups excluding carboxylic acids is 2. The Morgan fingerprint density at radius 1 is 1.59 bits per heavy atom. The van der Waals surface area contributed by atoms with Crippen LogP contribution in [0.4, 0.5) is 0 Å². The molecule has 5 heteroatoms. The van der Waals surface area contributed by atoms with Crippen molar-refractivity contribution in [1.82, 2.24) is 10.6 Å². The normalized spacial score (nSPS) is 33.2. The predicted molar refractivity (Wildman–Crippen MR) is 68.9 cm³/mol. The summed E-state index contributed by atoms with van der Waals surface area (Å²) in [5, 5.41) is 6.29. The van der Waals surface area contributed by atoms with Crippen LogP contribution < -0.4 is 10.6 Å². The molecule has 4 nitrogen and oxygen atoms in total. The fourth-order valence-corrected chi connectivity index (χ4v) is 3.58. The summed E-state index contributed by atoms with van der Waals surface area (Å²) in [7, 11) is 0. The van der Waals surface area contributed by atoms with Crippen molar-refractivity contribution < 1.29 is 9.59 Å². The lowest BCUT2D eigenvalue weighted by Gasteiger charge is -2.26. The van der Waals surface area contributed by atoms with E-state index in [0.29, 0.717) is 18.1 Å². The number of carbonyl (C=O) groups is 2. The zero-order valence-corrected chi connectivity index (χ0v) is 11.1. The number of thioether (sulfide) groups is 1. The second-order valence-corrected chi connectivity index (χ2v) is 6.49. The molecule has 2 aliphatic rings. The van der Waals surface area contributed by atoms with Crippen molar-refractivity contribution in [2.75, 3.05) is 12.3 Å². The first-order chi connectivity index (χ1) is 8.10. The van der Waals surface area contributed by atoms with Gasteiger partial charge in [-0.05, 0) is 31.9 Å². The van der Waals surface area contributed by atoms with Crippen LogP contribution in [0.1, 0.15) is 39.0 Å². The fourth-order valence-electron chi connectivity index (χ4n) is 2.34. The van der Waals surface area contributed by atoms with Gasteiger partial charge in [0.25, 0.3) is 0 Å².